The number of methoxy groups -OCH3 is 2. The van der Waals surface area contributed by atoms with E-state index in [1.165, 1.54) is 0 Å². The molecule has 2 N–H and O–H groups in total. The second-order valence-electron chi connectivity index (χ2n) is 4.01. The second kappa shape index (κ2) is 7.14. The molecule has 17 heavy (non-hydrogen) atoms. The number of hydrogen-bond donors (Lipinski definition) is 1. The SMILES string of the molecule is COCCOc1cc(CC(C)N)ccc1OC. The molecule has 0 amide bonds. The molecule has 0 radical (unpaired) electrons. The molecular weight excluding hydrogens is 218 g/mol. The Morgan fingerprint density at radius 3 is 2.53 bits per heavy atom. The van der Waals surface area contributed by atoms with Crippen molar-refractivity contribution in [3.8, 4) is 11.5 Å². The van der Waals surface area contributed by atoms with E-state index < -0.39 is 0 Å². The van der Waals surface area contributed by atoms with Crippen LogP contribution in [0.15, 0.2) is 18.2 Å². The molecule has 0 saturated heterocycles. The Hall–Kier alpha value is -1.26. The predicted molar refractivity (Wildman–Crippen MR) is 67.7 cm³/mol. The lowest BCUT2D eigenvalue weighted by atomic mass is 10.1. The first-order valence-corrected chi connectivity index (χ1v) is 5.71. The molecule has 0 aromatic heterocycles. The summed E-state index contributed by atoms with van der Waals surface area (Å²) in [6, 6.07) is 6.01. The summed E-state index contributed by atoms with van der Waals surface area (Å²) in [6.45, 7) is 3.05. The Labute approximate surface area is 103 Å². The normalized spacial score (nSPS) is 12.2. The maximum Gasteiger partial charge on any atom is 0.161 e. The Morgan fingerprint density at radius 1 is 1.18 bits per heavy atom. The summed E-state index contributed by atoms with van der Waals surface area (Å²) in [6.07, 6.45) is 0.824. The fourth-order valence-corrected chi connectivity index (χ4v) is 1.57. The summed E-state index contributed by atoms with van der Waals surface area (Å²) in [7, 11) is 3.27. The van der Waals surface area contributed by atoms with Crippen LogP contribution in [0.5, 0.6) is 11.5 Å². The van der Waals surface area contributed by atoms with Crippen molar-refractivity contribution < 1.29 is 14.2 Å². The van der Waals surface area contributed by atoms with Gasteiger partial charge in [0.1, 0.15) is 6.61 Å². The molecule has 96 valence electrons. The molecule has 0 aliphatic carbocycles. The Balaban J connectivity index is 2.75. The van der Waals surface area contributed by atoms with Gasteiger partial charge in [-0.05, 0) is 31.0 Å². The number of nitrogens with two attached hydrogens (primary N) is 1. The van der Waals surface area contributed by atoms with Crippen LogP contribution in [-0.2, 0) is 11.2 Å². The van der Waals surface area contributed by atoms with Gasteiger partial charge in [0.25, 0.3) is 0 Å². The minimum atomic E-state index is 0.134. The van der Waals surface area contributed by atoms with Gasteiger partial charge in [0.05, 0.1) is 13.7 Å². The van der Waals surface area contributed by atoms with Gasteiger partial charge >= 0.3 is 0 Å². The van der Waals surface area contributed by atoms with Gasteiger partial charge in [-0.25, -0.2) is 0 Å². The lowest BCUT2D eigenvalue weighted by Crippen LogP contribution is -2.17. The fourth-order valence-electron chi connectivity index (χ4n) is 1.57. The van der Waals surface area contributed by atoms with Crippen LogP contribution in [0.25, 0.3) is 0 Å². The van der Waals surface area contributed by atoms with Crippen molar-refractivity contribution >= 4 is 0 Å². The Kier molecular flexibility index (Phi) is 5.80. The van der Waals surface area contributed by atoms with Gasteiger partial charge in [-0.15, -0.1) is 0 Å². The quantitative estimate of drug-likeness (QED) is 0.734. The summed E-state index contributed by atoms with van der Waals surface area (Å²) in [5.74, 6) is 1.47. The molecule has 0 aliphatic rings. The largest absolute Gasteiger partial charge is 0.493 e. The van der Waals surface area contributed by atoms with E-state index >= 15 is 0 Å². The van der Waals surface area contributed by atoms with Crippen LogP contribution in [0.2, 0.25) is 0 Å². The predicted octanol–water partition coefficient (Wildman–Crippen LogP) is 1.61. The average molecular weight is 239 g/mol. The van der Waals surface area contributed by atoms with Crippen LogP contribution in [0, 0.1) is 0 Å². The third-order valence-corrected chi connectivity index (χ3v) is 2.33. The third-order valence-electron chi connectivity index (χ3n) is 2.33. The number of benzene rings is 1. The van der Waals surface area contributed by atoms with Gasteiger partial charge in [-0.2, -0.15) is 0 Å². The molecule has 4 nitrogen and oxygen atoms in total. The standard InChI is InChI=1S/C13H21NO3/c1-10(14)8-11-4-5-12(16-3)13(9-11)17-7-6-15-2/h4-5,9-10H,6-8,14H2,1-3H3. The van der Waals surface area contributed by atoms with E-state index in [0.29, 0.717) is 13.2 Å². The zero-order valence-electron chi connectivity index (χ0n) is 10.7. The molecular formula is C13H21NO3. The second-order valence-corrected chi connectivity index (χ2v) is 4.01. The van der Waals surface area contributed by atoms with Gasteiger partial charge in [0, 0.05) is 13.2 Å². The molecule has 1 unspecified atom stereocenters. The highest BCUT2D eigenvalue weighted by atomic mass is 16.5. The van der Waals surface area contributed by atoms with E-state index in [1.54, 1.807) is 14.2 Å². The summed E-state index contributed by atoms with van der Waals surface area (Å²) >= 11 is 0. The average Bonchev–Trinajstić information content (AvgIpc) is 2.29. The van der Waals surface area contributed by atoms with Crippen LogP contribution < -0.4 is 15.2 Å². The zero-order chi connectivity index (χ0) is 12.7. The molecule has 1 rings (SSSR count). The van der Waals surface area contributed by atoms with Gasteiger partial charge in [0.2, 0.25) is 0 Å². The number of rotatable bonds is 7. The molecule has 0 heterocycles. The van der Waals surface area contributed by atoms with Crippen molar-refractivity contribution in [1.82, 2.24) is 0 Å². The van der Waals surface area contributed by atoms with Crippen LogP contribution in [0.4, 0.5) is 0 Å². The lowest BCUT2D eigenvalue weighted by molar-refractivity contribution is 0.144. The van der Waals surface area contributed by atoms with Crippen molar-refractivity contribution in [3.05, 3.63) is 23.8 Å². The highest BCUT2D eigenvalue weighted by Gasteiger charge is 2.07. The zero-order valence-corrected chi connectivity index (χ0v) is 10.7. The molecule has 0 bridgehead atoms. The Bertz CT molecular complexity index is 339. The molecule has 0 fully saturated rings. The monoisotopic (exact) mass is 239 g/mol. The fraction of sp³-hybridized carbons (Fsp3) is 0.538. The molecule has 1 aromatic rings. The lowest BCUT2D eigenvalue weighted by Gasteiger charge is -2.13. The van der Waals surface area contributed by atoms with E-state index in [4.69, 9.17) is 19.9 Å². The van der Waals surface area contributed by atoms with Crippen molar-refractivity contribution in [3.63, 3.8) is 0 Å². The first kappa shape index (κ1) is 13.8. The summed E-state index contributed by atoms with van der Waals surface area (Å²) in [5, 5.41) is 0. The topological polar surface area (TPSA) is 53.7 Å². The third kappa shape index (κ3) is 4.63. The van der Waals surface area contributed by atoms with E-state index in [1.807, 2.05) is 25.1 Å². The highest BCUT2D eigenvalue weighted by Crippen LogP contribution is 2.28. The van der Waals surface area contributed by atoms with Crippen molar-refractivity contribution in [2.75, 3.05) is 27.4 Å². The van der Waals surface area contributed by atoms with Gasteiger partial charge in [-0.3, -0.25) is 0 Å². The summed E-state index contributed by atoms with van der Waals surface area (Å²) in [5.41, 5.74) is 6.92. The van der Waals surface area contributed by atoms with E-state index in [9.17, 15) is 0 Å². The summed E-state index contributed by atoms with van der Waals surface area (Å²) < 4.78 is 15.8. The molecule has 4 heteroatoms. The molecule has 0 spiro atoms. The van der Waals surface area contributed by atoms with Gasteiger partial charge < -0.3 is 19.9 Å². The van der Waals surface area contributed by atoms with Crippen molar-refractivity contribution in [1.29, 1.82) is 0 Å². The van der Waals surface area contributed by atoms with Gasteiger partial charge in [-0.1, -0.05) is 6.07 Å². The van der Waals surface area contributed by atoms with E-state index in [2.05, 4.69) is 0 Å². The van der Waals surface area contributed by atoms with Crippen LogP contribution in [0.3, 0.4) is 0 Å². The van der Waals surface area contributed by atoms with Crippen LogP contribution in [-0.4, -0.2) is 33.5 Å². The van der Waals surface area contributed by atoms with Crippen LogP contribution in [0.1, 0.15) is 12.5 Å². The maximum atomic E-state index is 5.77. The first-order chi connectivity index (χ1) is 8.17. The van der Waals surface area contributed by atoms with Crippen molar-refractivity contribution in [2.45, 2.75) is 19.4 Å². The maximum absolute atomic E-state index is 5.77. The smallest absolute Gasteiger partial charge is 0.161 e. The van der Waals surface area contributed by atoms with E-state index in [-0.39, 0.29) is 6.04 Å². The minimum absolute atomic E-state index is 0.134. The Morgan fingerprint density at radius 2 is 1.94 bits per heavy atom. The number of hydrogen-bond acceptors (Lipinski definition) is 4. The highest BCUT2D eigenvalue weighted by molar-refractivity contribution is 5.43. The molecule has 0 saturated carbocycles. The van der Waals surface area contributed by atoms with E-state index in [0.717, 1.165) is 23.5 Å². The van der Waals surface area contributed by atoms with Gasteiger partial charge in [0.15, 0.2) is 11.5 Å². The minimum Gasteiger partial charge on any atom is -0.493 e. The van der Waals surface area contributed by atoms with Crippen LogP contribution >= 0.6 is 0 Å². The molecule has 1 aromatic carbocycles. The molecule has 1 atom stereocenters. The van der Waals surface area contributed by atoms with Crippen molar-refractivity contribution in [2.24, 2.45) is 5.73 Å². The summed E-state index contributed by atoms with van der Waals surface area (Å²) in [4.78, 5) is 0. The number of ether oxygens (including phenoxy) is 3. The first-order valence-electron chi connectivity index (χ1n) is 5.71. The molecule has 0 aliphatic heterocycles.